The monoisotopic (exact) mass is 381 g/mol. The zero-order valence-corrected chi connectivity index (χ0v) is 16.1. The van der Waals surface area contributed by atoms with Crippen molar-refractivity contribution in [2.24, 2.45) is 0 Å². The third kappa shape index (κ3) is 3.98. The molecule has 0 saturated heterocycles. The molecule has 1 heterocycles. The molecule has 7 heteroatoms. The van der Waals surface area contributed by atoms with E-state index in [0.717, 1.165) is 29.8 Å². The number of nitrogens with one attached hydrogen (secondary N) is 1. The molecule has 0 bridgehead atoms. The van der Waals surface area contributed by atoms with Crippen LogP contribution in [0.5, 0.6) is 0 Å². The van der Waals surface area contributed by atoms with Gasteiger partial charge in [0.15, 0.2) is 0 Å². The van der Waals surface area contributed by atoms with Gasteiger partial charge in [0.25, 0.3) is 0 Å². The largest absolute Gasteiger partial charge is 0.320 e. The highest BCUT2D eigenvalue weighted by Crippen LogP contribution is 2.38. The quantitative estimate of drug-likeness (QED) is 0.809. The minimum Gasteiger partial charge on any atom is -0.320 e. The van der Waals surface area contributed by atoms with E-state index in [9.17, 15) is 8.42 Å². The minimum atomic E-state index is -3.59. The van der Waals surface area contributed by atoms with E-state index in [1.54, 1.807) is 4.31 Å². The fraction of sp³-hybridized carbons (Fsp3) is 0.333. The van der Waals surface area contributed by atoms with Gasteiger partial charge in [0.2, 0.25) is 0 Å². The smallest absolute Gasteiger partial charge is 0.308 e. The van der Waals surface area contributed by atoms with Crippen LogP contribution in [0.1, 0.15) is 17.5 Å². The van der Waals surface area contributed by atoms with Gasteiger partial charge in [0, 0.05) is 13.1 Å². The molecule has 0 aromatic heterocycles. The maximum Gasteiger partial charge on any atom is 0.308 e. The first kappa shape index (κ1) is 19.7. The van der Waals surface area contributed by atoms with Crippen molar-refractivity contribution in [2.45, 2.75) is 19.9 Å². The summed E-state index contributed by atoms with van der Waals surface area (Å²) in [6.07, 6.45) is 0.777. The molecule has 0 radical (unpaired) electrons. The Hall–Kier alpha value is -1.60. The van der Waals surface area contributed by atoms with Gasteiger partial charge < -0.3 is 5.32 Å². The molecule has 0 unspecified atom stereocenters. The van der Waals surface area contributed by atoms with Crippen molar-refractivity contribution in [2.75, 3.05) is 24.4 Å². The van der Waals surface area contributed by atoms with E-state index < -0.39 is 10.2 Å². The fourth-order valence-corrected chi connectivity index (χ4v) is 4.64. The Kier molecular flexibility index (Phi) is 6.46. The van der Waals surface area contributed by atoms with Crippen molar-refractivity contribution in [3.8, 4) is 0 Å². The van der Waals surface area contributed by atoms with Gasteiger partial charge in [-0.3, -0.25) is 0 Å². The standard InChI is InChI=1S/C18H23N3O2S.ClH/c1-15-8-10-17(11-9-15)21-18-7-4-3-6-16(18)14-20(24(21,22)23)13-5-12-19-2;/h3-4,6-11,19H,5,12-14H2,1-2H3;1H. The summed E-state index contributed by atoms with van der Waals surface area (Å²) in [6, 6.07) is 15.3. The number of nitrogens with zero attached hydrogens (tertiary/aromatic N) is 2. The number of rotatable bonds is 5. The Morgan fingerprint density at radius 2 is 1.76 bits per heavy atom. The van der Waals surface area contributed by atoms with Crippen molar-refractivity contribution in [1.29, 1.82) is 0 Å². The molecule has 1 aliphatic rings. The molecule has 5 nitrogen and oxygen atoms in total. The fourth-order valence-electron chi connectivity index (χ4n) is 2.93. The molecule has 0 fully saturated rings. The van der Waals surface area contributed by atoms with E-state index in [0.29, 0.717) is 18.8 Å². The number of benzene rings is 2. The predicted molar refractivity (Wildman–Crippen MR) is 105 cm³/mol. The van der Waals surface area contributed by atoms with Gasteiger partial charge in [-0.05, 0) is 50.7 Å². The van der Waals surface area contributed by atoms with Crippen LogP contribution in [0.4, 0.5) is 11.4 Å². The maximum absolute atomic E-state index is 13.2. The number of aryl methyl sites for hydroxylation is 1. The van der Waals surface area contributed by atoms with Crippen molar-refractivity contribution in [1.82, 2.24) is 9.62 Å². The molecular weight excluding hydrogens is 358 g/mol. The van der Waals surface area contributed by atoms with Crippen LogP contribution in [0.3, 0.4) is 0 Å². The Balaban J connectivity index is 0.00000225. The number of hydrogen-bond donors (Lipinski definition) is 1. The molecule has 0 atom stereocenters. The molecule has 1 N–H and O–H groups in total. The number of fused-ring (bicyclic) bond motifs is 1. The van der Waals surface area contributed by atoms with Gasteiger partial charge in [0.05, 0.1) is 11.4 Å². The highest BCUT2D eigenvalue weighted by Gasteiger charge is 2.36. The highest BCUT2D eigenvalue weighted by atomic mass is 35.5. The Labute approximate surface area is 156 Å². The zero-order chi connectivity index (χ0) is 17.2. The van der Waals surface area contributed by atoms with E-state index in [4.69, 9.17) is 0 Å². The molecular formula is C18H24ClN3O2S. The third-order valence-electron chi connectivity index (χ3n) is 4.22. The molecule has 3 rings (SSSR count). The van der Waals surface area contributed by atoms with Crippen molar-refractivity contribution < 1.29 is 8.42 Å². The first-order valence-corrected chi connectivity index (χ1v) is 9.53. The SMILES string of the molecule is CNCCCN1Cc2ccccc2N(c2ccc(C)cc2)S1(=O)=O.Cl. The van der Waals surface area contributed by atoms with Crippen molar-refractivity contribution in [3.05, 3.63) is 59.7 Å². The lowest BCUT2D eigenvalue weighted by atomic mass is 10.1. The van der Waals surface area contributed by atoms with Crippen LogP contribution in [0, 0.1) is 6.92 Å². The molecule has 0 spiro atoms. The molecule has 25 heavy (non-hydrogen) atoms. The predicted octanol–water partition coefficient (Wildman–Crippen LogP) is 3.22. The summed E-state index contributed by atoms with van der Waals surface area (Å²) in [7, 11) is -1.71. The van der Waals surface area contributed by atoms with Crippen LogP contribution in [0.2, 0.25) is 0 Å². The van der Waals surface area contributed by atoms with E-state index in [1.807, 2.05) is 62.5 Å². The molecule has 0 saturated carbocycles. The van der Waals surface area contributed by atoms with Crippen LogP contribution in [0.15, 0.2) is 48.5 Å². The zero-order valence-electron chi connectivity index (χ0n) is 14.5. The average Bonchev–Trinajstić information content (AvgIpc) is 2.56. The van der Waals surface area contributed by atoms with Gasteiger partial charge in [-0.15, -0.1) is 12.4 Å². The van der Waals surface area contributed by atoms with Crippen molar-refractivity contribution in [3.63, 3.8) is 0 Å². The summed E-state index contributed by atoms with van der Waals surface area (Å²) in [5, 5.41) is 3.07. The Morgan fingerprint density at radius 1 is 1.08 bits per heavy atom. The number of halogens is 1. The number of anilines is 2. The summed E-state index contributed by atoms with van der Waals surface area (Å²) in [5.41, 5.74) is 3.54. The normalized spacial score (nSPS) is 16.2. The van der Waals surface area contributed by atoms with Gasteiger partial charge in [-0.2, -0.15) is 12.7 Å². The van der Waals surface area contributed by atoms with Gasteiger partial charge >= 0.3 is 10.2 Å². The molecule has 2 aromatic rings. The highest BCUT2D eigenvalue weighted by molar-refractivity contribution is 7.90. The van der Waals surface area contributed by atoms with Gasteiger partial charge in [-0.1, -0.05) is 35.9 Å². The van der Waals surface area contributed by atoms with E-state index in [-0.39, 0.29) is 12.4 Å². The lowest BCUT2D eigenvalue weighted by molar-refractivity contribution is 0.392. The second-order valence-corrected chi connectivity index (χ2v) is 7.80. The topological polar surface area (TPSA) is 52.6 Å². The third-order valence-corrected chi connectivity index (χ3v) is 6.05. The van der Waals surface area contributed by atoms with E-state index in [2.05, 4.69) is 5.32 Å². The summed E-state index contributed by atoms with van der Waals surface area (Å²) < 4.78 is 29.4. The van der Waals surface area contributed by atoms with Crippen LogP contribution in [-0.4, -0.2) is 32.9 Å². The lowest BCUT2D eigenvalue weighted by Gasteiger charge is -2.37. The molecule has 0 amide bonds. The van der Waals surface area contributed by atoms with Gasteiger partial charge in [-0.25, -0.2) is 4.31 Å². The lowest BCUT2D eigenvalue weighted by Crippen LogP contribution is -2.46. The Bertz CT molecular complexity index is 809. The van der Waals surface area contributed by atoms with Crippen LogP contribution in [0.25, 0.3) is 0 Å². The van der Waals surface area contributed by atoms with Crippen LogP contribution in [-0.2, 0) is 16.8 Å². The number of para-hydroxylation sites is 1. The first-order chi connectivity index (χ1) is 11.5. The second-order valence-electron chi connectivity index (χ2n) is 6.03. The Morgan fingerprint density at radius 3 is 2.44 bits per heavy atom. The van der Waals surface area contributed by atoms with Gasteiger partial charge in [0.1, 0.15) is 0 Å². The summed E-state index contributed by atoms with van der Waals surface area (Å²) in [6.45, 7) is 3.70. The molecule has 2 aromatic carbocycles. The van der Waals surface area contributed by atoms with E-state index >= 15 is 0 Å². The summed E-state index contributed by atoms with van der Waals surface area (Å²) in [5.74, 6) is 0. The summed E-state index contributed by atoms with van der Waals surface area (Å²) >= 11 is 0. The second kappa shape index (κ2) is 8.19. The maximum atomic E-state index is 13.2. The number of hydrogen-bond acceptors (Lipinski definition) is 3. The van der Waals surface area contributed by atoms with Crippen molar-refractivity contribution >= 4 is 34.0 Å². The minimum absolute atomic E-state index is 0. The average molecular weight is 382 g/mol. The molecule has 136 valence electrons. The first-order valence-electron chi connectivity index (χ1n) is 8.13. The van der Waals surface area contributed by atoms with Crippen LogP contribution < -0.4 is 9.62 Å². The van der Waals surface area contributed by atoms with E-state index in [1.165, 1.54) is 4.31 Å². The molecule has 0 aliphatic carbocycles. The molecule has 1 aliphatic heterocycles. The summed E-state index contributed by atoms with van der Waals surface area (Å²) in [4.78, 5) is 0. The van der Waals surface area contributed by atoms with Crippen LogP contribution >= 0.6 is 12.4 Å².